The van der Waals surface area contributed by atoms with Crippen LogP contribution in [-0.2, 0) is 10.8 Å². The Kier molecular flexibility index (Phi) is 4.27. The van der Waals surface area contributed by atoms with E-state index < -0.39 is 0 Å². The average Bonchev–Trinajstić information content (AvgIpc) is 3.15. The topological polar surface area (TPSA) is 0 Å². The van der Waals surface area contributed by atoms with E-state index >= 15 is 0 Å². The molecule has 1 heteroatoms. The third-order valence-corrected chi connectivity index (χ3v) is 10.4. The molecule has 0 unspecified atom stereocenters. The van der Waals surface area contributed by atoms with Crippen molar-refractivity contribution in [2.24, 2.45) is 17.8 Å². The van der Waals surface area contributed by atoms with Gasteiger partial charge in [-0.1, -0.05) is 63.2 Å². The van der Waals surface area contributed by atoms with Gasteiger partial charge in [0.05, 0.1) is 0 Å². The number of benzene rings is 3. The highest BCUT2D eigenvalue weighted by Gasteiger charge is 2.51. The van der Waals surface area contributed by atoms with Crippen LogP contribution in [-0.4, -0.2) is 0 Å². The maximum absolute atomic E-state index is 2.50. The van der Waals surface area contributed by atoms with Gasteiger partial charge in [-0.2, -0.15) is 0 Å². The van der Waals surface area contributed by atoms with Crippen molar-refractivity contribution >= 4 is 31.5 Å². The lowest BCUT2D eigenvalue weighted by Crippen LogP contribution is -2.48. The summed E-state index contributed by atoms with van der Waals surface area (Å²) in [4.78, 5) is 0. The number of hydrogen-bond donors (Lipinski definition) is 0. The van der Waals surface area contributed by atoms with Crippen LogP contribution in [0.2, 0.25) is 0 Å². The van der Waals surface area contributed by atoms with Gasteiger partial charge in [0, 0.05) is 20.2 Å². The van der Waals surface area contributed by atoms with Gasteiger partial charge in [0.25, 0.3) is 0 Å². The third-order valence-electron chi connectivity index (χ3n) is 9.16. The maximum atomic E-state index is 2.50. The van der Waals surface area contributed by atoms with Crippen molar-refractivity contribution in [3.8, 4) is 11.1 Å². The van der Waals surface area contributed by atoms with E-state index in [1.807, 2.05) is 11.3 Å². The fraction of sp³-hybridized carbons (Fsp3) is 0.438. The van der Waals surface area contributed by atoms with Gasteiger partial charge in [0.2, 0.25) is 0 Å². The Hall–Kier alpha value is -2.12. The average molecular weight is 451 g/mol. The Bertz CT molecular complexity index is 1330. The Morgan fingerprint density at radius 2 is 1.36 bits per heavy atom. The van der Waals surface area contributed by atoms with Crippen LogP contribution in [0.4, 0.5) is 0 Å². The second kappa shape index (κ2) is 6.95. The normalized spacial score (nSPS) is 28.8. The summed E-state index contributed by atoms with van der Waals surface area (Å²) in [6.07, 6.45) is 8.88. The molecule has 4 fully saturated rings. The van der Waals surface area contributed by atoms with E-state index in [4.69, 9.17) is 0 Å². The molecule has 4 saturated carbocycles. The molecular weight excluding hydrogens is 416 g/mol. The summed E-state index contributed by atoms with van der Waals surface area (Å²) < 4.78 is 2.85. The zero-order valence-electron chi connectivity index (χ0n) is 20.2. The number of fused-ring (bicyclic) bond motifs is 3. The molecule has 3 aromatic carbocycles. The van der Waals surface area contributed by atoms with Crippen LogP contribution in [0.1, 0.15) is 70.4 Å². The molecule has 4 aliphatic rings. The van der Waals surface area contributed by atoms with Crippen molar-refractivity contribution in [1.29, 1.82) is 0 Å². The highest BCUT2D eigenvalue weighted by molar-refractivity contribution is 7.26. The molecular formula is C32H34S. The van der Waals surface area contributed by atoms with Gasteiger partial charge in [-0.15, -0.1) is 11.3 Å². The molecule has 0 aliphatic heterocycles. The monoisotopic (exact) mass is 450 g/mol. The summed E-state index contributed by atoms with van der Waals surface area (Å²) >= 11 is 1.95. The minimum absolute atomic E-state index is 0.119. The van der Waals surface area contributed by atoms with Crippen molar-refractivity contribution in [1.82, 2.24) is 0 Å². The van der Waals surface area contributed by atoms with E-state index in [2.05, 4.69) is 81.4 Å². The first-order valence-corrected chi connectivity index (χ1v) is 13.8. The van der Waals surface area contributed by atoms with Crippen LogP contribution >= 0.6 is 11.3 Å². The highest BCUT2D eigenvalue weighted by Crippen LogP contribution is 2.60. The van der Waals surface area contributed by atoms with Crippen molar-refractivity contribution in [3.63, 3.8) is 0 Å². The van der Waals surface area contributed by atoms with Gasteiger partial charge < -0.3 is 0 Å². The van der Waals surface area contributed by atoms with Gasteiger partial charge in [-0.25, -0.2) is 0 Å². The lowest BCUT2D eigenvalue weighted by atomic mass is 9.48. The predicted octanol–water partition coefficient (Wildman–Crippen LogP) is 9.49. The van der Waals surface area contributed by atoms with Gasteiger partial charge in [-0.05, 0) is 108 Å². The van der Waals surface area contributed by atoms with Crippen LogP contribution in [0.3, 0.4) is 0 Å². The van der Waals surface area contributed by atoms with Crippen LogP contribution in [0.5, 0.6) is 0 Å². The van der Waals surface area contributed by atoms with E-state index in [-0.39, 0.29) is 5.41 Å². The molecule has 1 heterocycles. The predicted molar refractivity (Wildman–Crippen MR) is 143 cm³/mol. The van der Waals surface area contributed by atoms with Crippen LogP contribution < -0.4 is 0 Å². The molecule has 4 aliphatic carbocycles. The minimum Gasteiger partial charge on any atom is -0.135 e. The van der Waals surface area contributed by atoms with Crippen LogP contribution in [0.25, 0.3) is 31.3 Å². The zero-order chi connectivity index (χ0) is 22.4. The minimum atomic E-state index is 0.119. The molecule has 8 rings (SSSR count). The Morgan fingerprint density at radius 3 is 2.00 bits per heavy atom. The molecule has 168 valence electrons. The zero-order valence-corrected chi connectivity index (χ0v) is 21.0. The molecule has 4 aromatic rings. The van der Waals surface area contributed by atoms with E-state index in [1.54, 1.807) is 5.56 Å². The van der Waals surface area contributed by atoms with E-state index in [0.29, 0.717) is 5.41 Å². The molecule has 0 saturated heterocycles. The van der Waals surface area contributed by atoms with Gasteiger partial charge in [0.15, 0.2) is 0 Å². The number of hydrogen-bond acceptors (Lipinski definition) is 1. The summed E-state index contributed by atoms with van der Waals surface area (Å²) in [5, 5.41) is 2.82. The first-order chi connectivity index (χ1) is 15.9. The smallest absolute Gasteiger partial charge is 0.0393 e. The van der Waals surface area contributed by atoms with Gasteiger partial charge in [-0.3, -0.25) is 0 Å². The standard InChI is InChI=1S/C32H34S/c1-31(2,3)28-16-24(15-27-26-6-4-5-7-29(26)33-30(27)28)23-8-10-25(11-9-23)32-17-20-12-21(18-32)14-22(13-20)19-32/h4-11,15-16,20-22H,12-14,17-19H2,1-3H3. The summed E-state index contributed by atoms with van der Waals surface area (Å²) in [6, 6.07) is 23.7. The van der Waals surface area contributed by atoms with Crippen LogP contribution in [0.15, 0.2) is 60.7 Å². The first-order valence-electron chi connectivity index (χ1n) is 12.9. The first kappa shape index (κ1) is 20.3. The quantitative estimate of drug-likeness (QED) is 0.285. The molecule has 0 radical (unpaired) electrons. The molecule has 0 spiro atoms. The van der Waals surface area contributed by atoms with Crippen molar-refractivity contribution < 1.29 is 0 Å². The molecule has 0 nitrogen and oxygen atoms in total. The molecule has 0 amide bonds. The number of rotatable bonds is 2. The lowest BCUT2D eigenvalue weighted by Gasteiger charge is -2.57. The Labute approximate surface area is 202 Å². The molecule has 0 N–H and O–H groups in total. The SMILES string of the molecule is CC(C)(C)c1cc(-c2ccc(C34CC5CC(CC(C5)C3)C4)cc2)cc2c1sc1ccccc12. The summed E-state index contributed by atoms with van der Waals surface area (Å²) in [6.45, 7) is 7.06. The lowest BCUT2D eigenvalue weighted by molar-refractivity contribution is -0.00518. The van der Waals surface area contributed by atoms with Crippen LogP contribution in [0, 0.1) is 17.8 Å². The van der Waals surface area contributed by atoms with Gasteiger partial charge in [0.1, 0.15) is 0 Å². The van der Waals surface area contributed by atoms with E-state index in [9.17, 15) is 0 Å². The molecule has 4 bridgehead atoms. The fourth-order valence-electron chi connectivity index (χ4n) is 8.03. The summed E-state index contributed by atoms with van der Waals surface area (Å²) in [5.74, 6) is 3.00. The van der Waals surface area contributed by atoms with E-state index in [1.165, 1.54) is 75.4 Å². The molecule has 1 aromatic heterocycles. The van der Waals surface area contributed by atoms with Gasteiger partial charge >= 0.3 is 0 Å². The summed E-state index contributed by atoms with van der Waals surface area (Å²) in [7, 11) is 0. The molecule has 0 atom stereocenters. The van der Waals surface area contributed by atoms with Crippen molar-refractivity contribution in [2.75, 3.05) is 0 Å². The Balaban J connectivity index is 1.33. The largest absolute Gasteiger partial charge is 0.135 e. The molecule has 33 heavy (non-hydrogen) atoms. The maximum Gasteiger partial charge on any atom is 0.0393 e. The number of thiophene rings is 1. The Morgan fingerprint density at radius 1 is 0.727 bits per heavy atom. The summed E-state index contributed by atoms with van der Waals surface area (Å²) in [5.41, 5.74) is 6.44. The second-order valence-electron chi connectivity index (χ2n) is 12.5. The fourth-order valence-corrected chi connectivity index (χ4v) is 9.44. The van der Waals surface area contributed by atoms with E-state index in [0.717, 1.165) is 17.8 Å². The third kappa shape index (κ3) is 3.15. The second-order valence-corrected chi connectivity index (χ2v) is 13.6. The van der Waals surface area contributed by atoms with Crippen molar-refractivity contribution in [2.45, 2.75) is 70.1 Å². The highest BCUT2D eigenvalue weighted by atomic mass is 32.1. The van der Waals surface area contributed by atoms with Crippen molar-refractivity contribution in [3.05, 3.63) is 71.8 Å².